The molecule has 0 radical (unpaired) electrons. The van der Waals surface area contributed by atoms with Gasteiger partial charge in [-0.05, 0) is 51.9 Å². The van der Waals surface area contributed by atoms with E-state index in [1.807, 2.05) is 0 Å². The number of ether oxygens (including phenoxy) is 2. The third kappa shape index (κ3) is 3.34. The lowest BCUT2D eigenvalue weighted by Gasteiger charge is -2.37. The van der Waals surface area contributed by atoms with E-state index in [4.69, 9.17) is 13.9 Å². The quantitative estimate of drug-likeness (QED) is 0.669. The molecule has 0 spiro atoms. The summed E-state index contributed by atoms with van der Waals surface area (Å²) in [7, 11) is 0. The summed E-state index contributed by atoms with van der Waals surface area (Å²) in [5.41, 5.74) is 0.194. The van der Waals surface area contributed by atoms with E-state index in [0.29, 0.717) is 28.9 Å². The van der Waals surface area contributed by atoms with Crippen LogP contribution in [0, 0.1) is 0 Å². The molecule has 0 saturated heterocycles. The number of hydrogen-bond acceptors (Lipinski definition) is 7. The van der Waals surface area contributed by atoms with E-state index in [0.717, 1.165) is 44.1 Å². The minimum Gasteiger partial charge on any atom is -0.489 e. The molecule has 0 amide bonds. The van der Waals surface area contributed by atoms with Gasteiger partial charge in [0.2, 0.25) is 0 Å². The first-order chi connectivity index (χ1) is 14.9. The Morgan fingerprint density at radius 3 is 2.68 bits per heavy atom. The van der Waals surface area contributed by atoms with Crippen LogP contribution in [0.2, 0.25) is 0 Å². The van der Waals surface area contributed by atoms with Crippen LogP contribution in [-0.4, -0.2) is 39.7 Å². The highest BCUT2D eigenvalue weighted by molar-refractivity contribution is 5.89. The second-order valence-electron chi connectivity index (χ2n) is 9.37. The summed E-state index contributed by atoms with van der Waals surface area (Å²) >= 11 is 0. The number of fused-ring (bicyclic) bond motifs is 4. The summed E-state index contributed by atoms with van der Waals surface area (Å²) in [6, 6.07) is 1.70. The second-order valence-corrected chi connectivity index (χ2v) is 9.37. The van der Waals surface area contributed by atoms with Gasteiger partial charge in [0.15, 0.2) is 5.43 Å². The van der Waals surface area contributed by atoms with Gasteiger partial charge in [0, 0.05) is 36.1 Å². The standard InChI is InChI=1S/C24H30O7/c1-24(28)9-4-7-15-19-16(31-23(15)24)11-17-20(22(19)29-13-5-2-3-6-13)21(27)14(8-10-25)18(12-26)30-17/h11,13,15,23,25-26,28H,2-10,12H2,1H3/t15-,23+,24-/m1/s1. The van der Waals surface area contributed by atoms with Crippen LogP contribution in [0.25, 0.3) is 11.0 Å². The Hall–Kier alpha value is -2.09. The van der Waals surface area contributed by atoms with Crippen LogP contribution in [0.5, 0.6) is 11.5 Å². The first-order valence-electron chi connectivity index (χ1n) is 11.4. The molecule has 2 aromatic rings. The van der Waals surface area contributed by atoms with Gasteiger partial charge in [0.25, 0.3) is 0 Å². The number of benzene rings is 1. The summed E-state index contributed by atoms with van der Waals surface area (Å²) in [6.45, 7) is 1.15. The molecule has 0 unspecified atom stereocenters. The fraction of sp³-hybridized carbons (Fsp3) is 0.625. The van der Waals surface area contributed by atoms with Gasteiger partial charge in [-0.25, -0.2) is 0 Å². The fourth-order valence-corrected chi connectivity index (χ4v) is 5.68. The average Bonchev–Trinajstić information content (AvgIpc) is 3.38. The smallest absolute Gasteiger partial charge is 0.200 e. The van der Waals surface area contributed by atoms with Crippen LogP contribution in [0.15, 0.2) is 15.3 Å². The minimum absolute atomic E-state index is 0.0241. The molecule has 168 valence electrons. The number of hydrogen-bond donors (Lipinski definition) is 3. The highest BCUT2D eigenvalue weighted by Crippen LogP contribution is 2.54. The van der Waals surface area contributed by atoms with Gasteiger partial charge in [-0.15, -0.1) is 0 Å². The van der Waals surface area contributed by atoms with Gasteiger partial charge in [0.1, 0.15) is 40.9 Å². The van der Waals surface area contributed by atoms with Crippen molar-refractivity contribution < 1.29 is 29.2 Å². The van der Waals surface area contributed by atoms with Gasteiger partial charge in [-0.1, -0.05) is 0 Å². The van der Waals surface area contributed by atoms with Crippen molar-refractivity contribution in [3.05, 3.63) is 33.2 Å². The zero-order chi connectivity index (χ0) is 21.8. The molecular weight excluding hydrogens is 400 g/mol. The van der Waals surface area contributed by atoms with E-state index in [1.54, 1.807) is 13.0 Å². The first kappa shape index (κ1) is 20.8. The van der Waals surface area contributed by atoms with Gasteiger partial charge in [-0.3, -0.25) is 4.79 Å². The zero-order valence-corrected chi connectivity index (χ0v) is 17.9. The lowest BCUT2D eigenvalue weighted by atomic mass is 9.74. The van der Waals surface area contributed by atoms with Crippen LogP contribution in [-0.2, 0) is 13.0 Å². The summed E-state index contributed by atoms with van der Waals surface area (Å²) in [5.74, 6) is 1.18. The van der Waals surface area contributed by atoms with Crippen molar-refractivity contribution in [2.24, 2.45) is 0 Å². The van der Waals surface area contributed by atoms with Crippen molar-refractivity contribution in [2.45, 2.75) is 88.6 Å². The topological polar surface area (TPSA) is 109 Å². The monoisotopic (exact) mass is 430 g/mol. The molecule has 2 aliphatic carbocycles. The lowest BCUT2D eigenvalue weighted by Crippen LogP contribution is -2.47. The largest absolute Gasteiger partial charge is 0.489 e. The Morgan fingerprint density at radius 1 is 1.19 bits per heavy atom. The Labute approximate surface area is 180 Å². The van der Waals surface area contributed by atoms with Crippen molar-refractivity contribution in [3.8, 4) is 11.5 Å². The molecule has 3 N–H and O–H groups in total. The molecule has 2 saturated carbocycles. The maximum atomic E-state index is 13.5. The van der Waals surface area contributed by atoms with Gasteiger partial charge >= 0.3 is 0 Å². The van der Waals surface area contributed by atoms with Crippen molar-refractivity contribution in [1.29, 1.82) is 0 Å². The zero-order valence-electron chi connectivity index (χ0n) is 17.9. The molecule has 0 bridgehead atoms. The van der Waals surface area contributed by atoms with Crippen LogP contribution in [0.3, 0.4) is 0 Å². The summed E-state index contributed by atoms with van der Waals surface area (Å²) in [6.07, 6.45) is 6.15. The van der Waals surface area contributed by atoms with E-state index >= 15 is 0 Å². The number of aliphatic hydroxyl groups excluding tert-OH is 2. The average molecular weight is 430 g/mol. The summed E-state index contributed by atoms with van der Waals surface area (Å²) in [4.78, 5) is 13.5. The minimum atomic E-state index is -0.964. The van der Waals surface area contributed by atoms with Crippen LogP contribution in [0.1, 0.15) is 74.7 Å². The molecule has 3 atom stereocenters. The Bertz CT molecular complexity index is 1050. The van der Waals surface area contributed by atoms with Crippen LogP contribution >= 0.6 is 0 Å². The maximum absolute atomic E-state index is 13.5. The molecule has 2 heterocycles. The Morgan fingerprint density at radius 2 is 1.97 bits per heavy atom. The van der Waals surface area contributed by atoms with E-state index in [2.05, 4.69) is 0 Å². The summed E-state index contributed by atoms with van der Waals surface area (Å²) in [5, 5.41) is 30.5. The third-order valence-corrected chi connectivity index (χ3v) is 7.21. The number of aliphatic hydroxyl groups is 3. The van der Waals surface area contributed by atoms with E-state index in [-0.39, 0.29) is 41.8 Å². The second kappa shape index (κ2) is 7.80. The van der Waals surface area contributed by atoms with Crippen LogP contribution < -0.4 is 14.9 Å². The van der Waals surface area contributed by atoms with Gasteiger partial charge < -0.3 is 29.2 Å². The van der Waals surface area contributed by atoms with Crippen molar-refractivity contribution in [3.63, 3.8) is 0 Å². The van der Waals surface area contributed by atoms with E-state index < -0.39 is 18.3 Å². The number of rotatable bonds is 5. The van der Waals surface area contributed by atoms with Gasteiger partial charge in [0.05, 0.1) is 11.7 Å². The predicted octanol–water partition coefficient (Wildman–Crippen LogP) is 2.92. The van der Waals surface area contributed by atoms with Crippen molar-refractivity contribution in [1.82, 2.24) is 0 Å². The molecule has 7 heteroatoms. The highest BCUT2D eigenvalue weighted by Gasteiger charge is 2.50. The van der Waals surface area contributed by atoms with Crippen molar-refractivity contribution in [2.75, 3.05) is 6.61 Å². The molecule has 2 fully saturated rings. The normalized spacial score (nSPS) is 27.9. The van der Waals surface area contributed by atoms with E-state index in [9.17, 15) is 20.1 Å². The highest BCUT2D eigenvalue weighted by atomic mass is 16.5. The lowest BCUT2D eigenvalue weighted by molar-refractivity contribution is -0.0725. The summed E-state index contributed by atoms with van der Waals surface area (Å²) < 4.78 is 18.7. The Balaban J connectivity index is 1.76. The molecule has 5 rings (SSSR count). The SMILES string of the molecule is C[C@@]1(O)CCC[C@@H]2c3c(cc4oc(CO)c(CCO)c(=O)c4c3OC3CCCC3)O[C@@H]21. The molecular formula is C24H30O7. The van der Waals surface area contributed by atoms with Crippen molar-refractivity contribution >= 4 is 11.0 Å². The Kier molecular flexibility index (Phi) is 5.23. The maximum Gasteiger partial charge on any atom is 0.200 e. The molecule has 7 nitrogen and oxygen atoms in total. The molecule has 1 aromatic carbocycles. The fourth-order valence-electron chi connectivity index (χ4n) is 5.68. The van der Waals surface area contributed by atoms with Crippen LogP contribution in [0.4, 0.5) is 0 Å². The van der Waals surface area contributed by atoms with Gasteiger partial charge in [-0.2, -0.15) is 0 Å². The van der Waals surface area contributed by atoms with E-state index in [1.165, 1.54) is 0 Å². The third-order valence-electron chi connectivity index (χ3n) is 7.21. The predicted molar refractivity (Wildman–Crippen MR) is 114 cm³/mol. The molecule has 31 heavy (non-hydrogen) atoms. The first-order valence-corrected chi connectivity index (χ1v) is 11.4. The molecule has 3 aliphatic rings. The molecule has 1 aromatic heterocycles. The molecule has 1 aliphatic heterocycles.